The number of rotatable bonds is 8. The molecule has 194 valence electrons. The number of furan rings is 1. The summed E-state index contributed by atoms with van der Waals surface area (Å²) >= 11 is 0. The number of para-hydroxylation sites is 2. The topological polar surface area (TPSA) is 47.8 Å². The summed E-state index contributed by atoms with van der Waals surface area (Å²) in [7, 11) is 8.22. The van der Waals surface area contributed by atoms with Crippen LogP contribution in [0.1, 0.15) is 0 Å². The molecule has 39 heavy (non-hydrogen) atoms. The van der Waals surface area contributed by atoms with Crippen molar-refractivity contribution in [3.05, 3.63) is 124 Å². The summed E-state index contributed by atoms with van der Waals surface area (Å²) in [5.74, 6) is 0. The van der Waals surface area contributed by atoms with Crippen LogP contribution in [0.4, 0.5) is 11.4 Å². The van der Waals surface area contributed by atoms with E-state index in [2.05, 4.69) is 63.0 Å². The van der Waals surface area contributed by atoms with E-state index in [0.717, 1.165) is 59.5 Å². The molecule has 0 saturated heterocycles. The van der Waals surface area contributed by atoms with E-state index in [1.54, 1.807) is 0 Å². The standard InChI is InChI=1S/C20H26N4O.2C6H5.2Zn/c1-23(2)13-11-21-17-9-5-7-15-16-8-6-10-18(20(16)25-19(15)17)22-12-14-24(3)4;2*1-2-4-6-5-3-1;;/h5-10H,11-14H2,1-4H3;2*1-5H;;/q-2;2*-1;2*+2. The molecule has 0 spiro atoms. The minimum absolute atomic E-state index is 0. The van der Waals surface area contributed by atoms with Crippen molar-refractivity contribution in [3.8, 4) is 0 Å². The molecule has 12 radical (unpaired) electrons. The van der Waals surface area contributed by atoms with Crippen LogP contribution in [0, 0.1) is 77.0 Å². The van der Waals surface area contributed by atoms with Crippen molar-refractivity contribution in [2.45, 2.75) is 0 Å². The van der Waals surface area contributed by atoms with E-state index < -0.39 is 0 Å². The SMILES string of the molecule is CN(C)CC[N-]c1cccc2c1oc1c([N-]CCN(C)C)cccc12.[C-]1[CH][CH][CH][CH][CH]1.[C-]1[CH][CH][CH][CH][CH]1.[Zn+2].[Zn+2]. The Balaban J connectivity index is 0.000000447. The first-order valence-corrected chi connectivity index (χ1v) is 12.5. The second-order valence-corrected chi connectivity index (χ2v) is 8.93. The summed E-state index contributed by atoms with van der Waals surface area (Å²) in [6.07, 6.45) is 25.0. The zero-order valence-electron chi connectivity index (χ0n) is 23.7. The molecule has 0 unspecified atom stereocenters. The maximum absolute atomic E-state index is 6.22. The second-order valence-electron chi connectivity index (χ2n) is 8.93. The van der Waals surface area contributed by atoms with Gasteiger partial charge in [0.05, 0.1) is 0 Å². The largest absolute Gasteiger partial charge is 2.00 e. The monoisotopic (exact) mass is 620 g/mol. The van der Waals surface area contributed by atoms with Gasteiger partial charge in [0, 0.05) is 10.8 Å². The van der Waals surface area contributed by atoms with Gasteiger partial charge >= 0.3 is 39.0 Å². The number of likely N-dealkylation sites (N-methyl/N-ethyl adjacent to an activating group) is 2. The number of hydrogen-bond acceptors (Lipinski definition) is 3. The molecule has 0 N–H and O–H groups in total. The maximum atomic E-state index is 6.22. The van der Waals surface area contributed by atoms with Crippen LogP contribution in [0.15, 0.2) is 40.8 Å². The fraction of sp³-hybridized carbons (Fsp3) is 0.250. The average molecular weight is 623 g/mol. The minimum Gasteiger partial charge on any atom is -0.680 e. The maximum Gasteiger partial charge on any atom is 2.00 e. The summed E-state index contributed by atoms with van der Waals surface area (Å²) in [5, 5.41) is 11.6. The third kappa shape index (κ3) is 13.0. The number of hydrogen-bond donors (Lipinski definition) is 0. The first-order valence-electron chi connectivity index (χ1n) is 12.5. The number of benzene rings is 2. The van der Waals surface area contributed by atoms with Crippen LogP contribution in [-0.4, -0.2) is 64.2 Å². The summed E-state index contributed by atoms with van der Waals surface area (Å²) < 4.78 is 6.22. The van der Waals surface area contributed by atoms with Crippen molar-refractivity contribution in [2.24, 2.45) is 0 Å². The van der Waals surface area contributed by atoms with E-state index in [9.17, 15) is 0 Å². The quantitative estimate of drug-likeness (QED) is 0.202. The first kappa shape index (κ1) is 36.0. The summed E-state index contributed by atoms with van der Waals surface area (Å²) in [4.78, 5) is 4.26. The predicted molar refractivity (Wildman–Crippen MR) is 156 cm³/mol. The third-order valence-corrected chi connectivity index (χ3v) is 5.36. The summed E-state index contributed by atoms with van der Waals surface area (Å²) in [6, 6.07) is 12.3. The van der Waals surface area contributed by atoms with E-state index in [1.807, 2.05) is 88.5 Å². The number of fused-ring (bicyclic) bond motifs is 3. The van der Waals surface area contributed by atoms with Crippen molar-refractivity contribution in [2.75, 3.05) is 54.4 Å². The Kier molecular flexibility index (Phi) is 19.2. The van der Waals surface area contributed by atoms with Gasteiger partial charge < -0.3 is 37.7 Å². The first-order chi connectivity index (χ1) is 18.1. The fourth-order valence-corrected chi connectivity index (χ4v) is 3.46. The molecule has 5 rings (SSSR count). The molecule has 2 aromatic carbocycles. The molecule has 0 bridgehead atoms. The van der Waals surface area contributed by atoms with E-state index in [-0.39, 0.29) is 39.0 Å². The Morgan fingerprint density at radius 1 is 0.590 bits per heavy atom. The van der Waals surface area contributed by atoms with Crippen molar-refractivity contribution in [1.82, 2.24) is 9.80 Å². The van der Waals surface area contributed by atoms with Crippen molar-refractivity contribution >= 4 is 33.3 Å². The predicted octanol–water partition coefficient (Wildman–Crippen LogP) is 6.92. The van der Waals surface area contributed by atoms with Gasteiger partial charge in [-0.1, -0.05) is 73.5 Å². The molecule has 5 nitrogen and oxygen atoms in total. The smallest absolute Gasteiger partial charge is 0.680 e. The molecular weight excluding hydrogens is 587 g/mol. The van der Waals surface area contributed by atoms with Gasteiger partial charge in [-0.3, -0.25) is 0 Å². The summed E-state index contributed by atoms with van der Waals surface area (Å²) in [5.41, 5.74) is 3.53. The Morgan fingerprint density at radius 3 is 1.26 bits per heavy atom. The number of nitrogens with zero attached hydrogens (tertiary/aromatic N) is 4. The molecule has 0 amide bonds. The van der Waals surface area contributed by atoms with Gasteiger partial charge in [-0.25, -0.2) is 25.7 Å². The van der Waals surface area contributed by atoms with Crippen molar-refractivity contribution < 1.29 is 43.4 Å². The Hall–Kier alpha value is -0.993. The molecule has 2 fully saturated rings. The van der Waals surface area contributed by atoms with Gasteiger partial charge in [-0.05, 0) is 54.1 Å². The second kappa shape index (κ2) is 20.8. The molecule has 3 aromatic rings. The van der Waals surface area contributed by atoms with E-state index in [0.29, 0.717) is 0 Å². The zero-order chi connectivity index (χ0) is 26.3. The fourth-order valence-electron chi connectivity index (χ4n) is 3.46. The van der Waals surface area contributed by atoms with Gasteiger partial charge in [0.2, 0.25) is 0 Å². The minimum atomic E-state index is 0. The van der Waals surface area contributed by atoms with Gasteiger partial charge in [0.25, 0.3) is 0 Å². The van der Waals surface area contributed by atoms with Crippen LogP contribution in [0.2, 0.25) is 0 Å². The molecule has 2 aliphatic rings. The molecule has 0 atom stereocenters. The zero-order valence-corrected chi connectivity index (χ0v) is 29.6. The normalized spacial score (nSPS) is 14.9. The van der Waals surface area contributed by atoms with Crippen LogP contribution in [0.3, 0.4) is 0 Å². The molecule has 7 heteroatoms. The van der Waals surface area contributed by atoms with Crippen LogP contribution < -0.4 is 0 Å². The Labute approximate surface area is 263 Å². The molecule has 1 aromatic heterocycles. The molecular formula is C32H36N4OZn2. The Bertz CT molecular complexity index is 926. The van der Waals surface area contributed by atoms with Crippen LogP contribution >= 0.6 is 0 Å². The molecule has 2 aliphatic carbocycles. The molecule has 0 aliphatic heterocycles. The van der Waals surface area contributed by atoms with Crippen molar-refractivity contribution in [3.63, 3.8) is 0 Å². The average Bonchev–Trinajstić information content (AvgIpc) is 3.32. The van der Waals surface area contributed by atoms with Crippen LogP contribution in [0.25, 0.3) is 32.6 Å². The van der Waals surface area contributed by atoms with Crippen molar-refractivity contribution in [1.29, 1.82) is 0 Å². The third-order valence-electron chi connectivity index (χ3n) is 5.36. The van der Waals surface area contributed by atoms with Gasteiger partial charge in [0.15, 0.2) is 0 Å². The Morgan fingerprint density at radius 2 is 0.974 bits per heavy atom. The van der Waals surface area contributed by atoms with Gasteiger partial charge in [-0.2, -0.15) is 0 Å². The van der Waals surface area contributed by atoms with Crippen LogP contribution in [-0.2, 0) is 39.0 Å². The van der Waals surface area contributed by atoms with Gasteiger partial charge in [0.1, 0.15) is 11.2 Å². The van der Waals surface area contributed by atoms with Crippen LogP contribution in [0.5, 0.6) is 0 Å². The van der Waals surface area contributed by atoms with E-state index >= 15 is 0 Å². The van der Waals surface area contributed by atoms with E-state index in [1.165, 1.54) is 0 Å². The molecule has 2 saturated carbocycles. The van der Waals surface area contributed by atoms with E-state index in [4.69, 9.17) is 15.1 Å². The molecule has 1 heterocycles. The summed E-state index contributed by atoms with van der Waals surface area (Å²) in [6.45, 7) is 3.34. The van der Waals surface area contributed by atoms with Gasteiger partial charge in [-0.15, -0.1) is 13.1 Å².